The Bertz CT molecular complexity index is 190. The molecule has 16 heavy (non-hydrogen) atoms. The van der Waals surface area contributed by atoms with Crippen LogP contribution in [0.4, 0.5) is 0 Å². The van der Waals surface area contributed by atoms with Gasteiger partial charge >= 0.3 is 0 Å². The molecular weight excluding hydrogens is 204 g/mol. The molecule has 1 fully saturated rings. The third-order valence-electron chi connectivity index (χ3n) is 2.97. The molecule has 1 heterocycles. The zero-order valence-electron chi connectivity index (χ0n) is 10.0. The molecule has 0 spiro atoms. The Hall–Kier alpha value is -0.650. The second-order valence-electron chi connectivity index (χ2n) is 4.32. The van der Waals surface area contributed by atoms with Crippen LogP contribution in [-0.4, -0.2) is 43.5 Å². The number of nitrogens with zero attached hydrogens (tertiary/aromatic N) is 1. The minimum Gasteiger partial charge on any atom is -0.315 e. The van der Waals surface area contributed by atoms with Gasteiger partial charge in [-0.3, -0.25) is 10.2 Å². The molecule has 0 aromatic rings. The van der Waals surface area contributed by atoms with Crippen LogP contribution in [0.2, 0.25) is 0 Å². The van der Waals surface area contributed by atoms with Gasteiger partial charge < -0.3 is 10.2 Å². The van der Waals surface area contributed by atoms with E-state index in [0.717, 1.165) is 39.0 Å². The van der Waals surface area contributed by atoms with Gasteiger partial charge in [-0.05, 0) is 38.9 Å². The molecule has 0 bridgehead atoms. The van der Waals surface area contributed by atoms with E-state index in [1.165, 1.54) is 19.4 Å². The normalized spacial score (nSPS) is 18.1. The largest absolute Gasteiger partial charge is 0.315 e. The van der Waals surface area contributed by atoms with Gasteiger partial charge in [0, 0.05) is 19.5 Å². The summed E-state index contributed by atoms with van der Waals surface area (Å²) in [7, 11) is 0. The number of nitrogens with one attached hydrogen (secondary N) is 2. The molecule has 1 saturated heterocycles. The van der Waals surface area contributed by atoms with Gasteiger partial charge in [0.1, 0.15) is 0 Å². The van der Waals surface area contributed by atoms with E-state index in [9.17, 15) is 4.79 Å². The lowest BCUT2D eigenvalue weighted by Gasteiger charge is -2.18. The topological polar surface area (TPSA) is 70.4 Å². The first-order chi connectivity index (χ1) is 7.83. The molecule has 0 saturated carbocycles. The van der Waals surface area contributed by atoms with E-state index < -0.39 is 0 Å². The van der Waals surface area contributed by atoms with Crippen molar-refractivity contribution < 1.29 is 4.79 Å². The molecule has 1 rings (SSSR count). The summed E-state index contributed by atoms with van der Waals surface area (Å²) >= 11 is 0. The average Bonchev–Trinajstić information content (AvgIpc) is 2.57. The standard InChI is InChI=1S/C11H24N4O/c12-14-11(16)5-2-1-3-8-15-9-4-6-13-7-10-15/h13H,1-10,12H2,(H,14,16). The summed E-state index contributed by atoms with van der Waals surface area (Å²) in [5.74, 6) is 4.95. The Kier molecular flexibility index (Phi) is 7.12. The lowest BCUT2D eigenvalue weighted by atomic mass is 10.2. The highest BCUT2D eigenvalue weighted by Gasteiger charge is 2.07. The molecule has 0 aromatic heterocycles. The second kappa shape index (κ2) is 8.50. The van der Waals surface area contributed by atoms with Crippen LogP contribution in [0, 0.1) is 0 Å². The highest BCUT2D eigenvalue weighted by atomic mass is 16.2. The molecule has 1 aliphatic rings. The number of unbranched alkanes of at least 4 members (excludes halogenated alkanes) is 2. The first-order valence-corrected chi connectivity index (χ1v) is 6.25. The zero-order chi connectivity index (χ0) is 11.6. The SMILES string of the molecule is NNC(=O)CCCCCN1CCCNCC1. The Balaban J connectivity index is 1.95. The Morgan fingerprint density at radius 1 is 1.25 bits per heavy atom. The molecule has 1 amide bonds. The van der Waals surface area contributed by atoms with Crippen LogP contribution < -0.4 is 16.6 Å². The Morgan fingerprint density at radius 3 is 2.94 bits per heavy atom. The molecule has 0 atom stereocenters. The van der Waals surface area contributed by atoms with Crippen molar-refractivity contribution in [1.82, 2.24) is 15.6 Å². The number of carbonyl (C=O) groups is 1. The molecule has 5 nitrogen and oxygen atoms in total. The fraction of sp³-hybridized carbons (Fsp3) is 0.909. The maximum Gasteiger partial charge on any atom is 0.233 e. The summed E-state index contributed by atoms with van der Waals surface area (Å²) in [5, 5.41) is 3.39. The molecule has 0 aromatic carbocycles. The molecule has 0 unspecified atom stereocenters. The number of hydrogen-bond acceptors (Lipinski definition) is 4. The predicted molar refractivity (Wildman–Crippen MR) is 64.7 cm³/mol. The Labute approximate surface area is 97.7 Å². The summed E-state index contributed by atoms with van der Waals surface area (Å²) in [6.07, 6.45) is 5.03. The minimum absolute atomic E-state index is 0.0565. The quantitative estimate of drug-likeness (QED) is 0.255. The van der Waals surface area contributed by atoms with Crippen molar-refractivity contribution in [3.63, 3.8) is 0 Å². The predicted octanol–water partition coefficient (Wildman–Crippen LogP) is -0.168. The number of amides is 1. The van der Waals surface area contributed by atoms with Gasteiger partial charge in [-0.15, -0.1) is 0 Å². The van der Waals surface area contributed by atoms with Crippen LogP contribution in [0.1, 0.15) is 32.1 Å². The number of nitrogens with two attached hydrogens (primary N) is 1. The number of carbonyl (C=O) groups excluding carboxylic acids is 1. The highest BCUT2D eigenvalue weighted by molar-refractivity contribution is 5.74. The van der Waals surface area contributed by atoms with Crippen molar-refractivity contribution in [3.05, 3.63) is 0 Å². The molecule has 4 N–H and O–H groups in total. The lowest BCUT2D eigenvalue weighted by molar-refractivity contribution is -0.121. The van der Waals surface area contributed by atoms with Crippen LogP contribution in [0.15, 0.2) is 0 Å². The fourth-order valence-electron chi connectivity index (χ4n) is 2.00. The maximum absolute atomic E-state index is 10.9. The minimum atomic E-state index is -0.0565. The molecule has 94 valence electrons. The van der Waals surface area contributed by atoms with Crippen molar-refractivity contribution >= 4 is 5.91 Å². The summed E-state index contributed by atoms with van der Waals surface area (Å²) in [6, 6.07) is 0. The van der Waals surface area contributed by atoms with E-state index in [4.69, 9.17) is 5.84 Å². The maximum atomic E-state index is 10.9. The van der Waals surface area contributed by atoms with E-state index in [1.54, 1.807) is 0 Å². The van der Waals surface area contributed by atoms with Gasteiger partial charge in [-0.25, -0.2) is 5.84 Å². The van der Waals surface area contributed by atoms with Gasteiger partial charge in [0.2, 0.25) is 5.91 Å². The van der Waals surface area contributed by atoms with E-state index in [-0.39, 0.29) is 5.91 Å². The summed E-state index contributed by atoms with van der Waals surface area (Å²) in [5.41, 5.74) is 2.16. The number of hydrazine groups is 1. The fourth-order valence-corrected chi connectivity index (χ4v) is 2.00. The molecular formula is C11H24N4O. The second-order valence-corrected chi connectivity index (χ2v) is 4.32. The van der Waals surface area contributed by atoms with Gasteiger partial charge in [-0.1, -0.05) is 6.42 Å². The number of hydrogen-bond donors (Lipinski definition) is 3. The first-order valence-electron chi connectivity index (χ1n) is 6.25. The molecule has 0 radical (unpaired) electrons. The van der Waals surface area contributed by atoms with E-state index in [0.29, 0.717) is 6.42 Å². The molecule has 0 aliphatic carbocycles. The van der Waals surface area contributed by atoms with Crippen molar-refractivity contribution in [2.24, 2.45) is 5.84 Å². The van der Waals surface area contributed by atoms with Crippen molar-refractivity contribution in [2.75, 3.05) is 32.7 Å². The zero-order valence-corrected chi connectivity index (χ0v) is 10.0. The van der Waals surface area contributed by atoms with Crippen LogP contribution in [0.5, 0.6) is 0 Å². The van der Waals surface area contributed by atoms with Crippen molar-refractivity contribution in [3.8, 4) is 0 Å². The van der Waals surface area contributed by atoms with Crippen molar-refractivity contribution in [1.29, 1.82) is 0 Å². The van der Waals surface area contributed by atoms with Crippen molar-refractivity contribution in [2.45, 2.75) is 32.1 Å². The van der Waals surface area contributed by atoms with Crippen LogP contribution in [0.25, 0.3) is 0 Å². The van der Waals surface area contributed by atoms with Gasteiger partial charge in [-0.2, -0.15) is 0 Å². The lowest BCUT2D eigenvalue weighted by Crippen LogP contribution is -2.30. The third-order valence-corrected chi connectivity index (χ3v) is 2.97. The van der Waals surface area contributed by atoms with E-state index >= 15 is 0 Å². The molecule has 1 aliphatic heterocycles. The van der Waals surface area contributed by atoms with E-state index in [1.807, 2.05) is 0 Å². The molecule has 5 heteroatoms. The average molecular weight is 228 g/mol. The van der Waals surface area contributed by atoms with Gasteiger partial charge in [0.25, 0.3) is 0 Å². The Morgan fingerprint density at radius 2 is 2.12 bits per heavy atom. The van der Waals surface area contributed by atoms with E-state index in [2.05, 4.69) is 15.6 Å². The monoisotopic (exact) mass is 228 g/mol. The van der Waals surface area contributed by atoms with Gasteiger partial charge in [0.15, 0.2) is 0 Å². The van der Waals surface area contributed by atoms with Crippen LogP contribution in [0.3, 0.4) is 0 Å². The number of rotatable bonds is 6. The summed E-state index contributed by atoms with van der Waals surface area (Å²) in [4.78, 5) is 13.4. The highest BCUT2D eigenvalue weighted by Crippen LogP contribution is 2.03. The first kappa shape index (κ1) is 13.4. The van der Waals surface area contributed by atoms with Gasteiger partial charge in [0.05, 0.1) is 0 Å². The smallest absolute Gasteiger partial charge is 0.233 e. The third kappa shape index (κ3) is 6.05. The summed E-state index contributed by atoms with van der Waals surface area (Å²) in [6.45, 7) is 5.77. The van der Waals surface area contributed by atoms with Crippen LogP contribution >= 0.6 is 0 Å². The summed E-state index contributed by atoms with van der Waals surface area (Å²) < 4.78 is 0. The van der Waals surface area contributed by atoms with Crippen LogP contribution in [-0.2, 0) is 4.79 Å².